The maximum atomic E-state index is 12.2. The summed E-state index contributed by atoms with van der Waals surface area (Å²) < 4.78 is 5.26. The average Bonchev–Trinajstić information content (AvgIpc) is 2.47. The zero-order chi connectivity index (χ0) is 13.9. The molecule has 4 nitrogen and oxygen atoms in total. The van der Waals surface area contributed by atoms with Crippen molar-refractivity contribution in [2.45, 2.75) is 19.3 Å². The molecular formula is C16H13NO3. The van der Waals surface area contributed by atoms with Crippen LogP contribution in [0.25, 0.3) is 0 Å². The third kappa shape index (κ3) is 2.45. The highest BCUT2D eigenvalue weighted by atomic mass is 16.5. The fraction of sp³-hybridized carbons (Fsp3) is 0.188. The first-order valence-electron chi connectivity index (χ1n) is 6.50. The monoisotopic (exact) mass is 267 g/mol. The molecule has 0 atom stereocenters. The molecule has 4 heteroatoms. The molecule has 0 unspecified atom stereocenters. The van der Waals surface area contributed by atoms with E-state index in [2.05, 4.69) is 4.98 Å². The summed E-state index contributed by atoms with van der Waals surface area (Å²) in [6.07, 6.45) is 3.06. The third-order valence-corrected chi connectivity index (χ3v) is 3.37. The summed E-state index contributed by atoms with van der Waals surface area (Å²) in [6, 6.07) is 10.6. The van der Waals surface area contributed by atoms with Crippen molar-refractivity contribution in [1.29, 1.82) is 0 Å². The number of aromatic nitrogens is 1. The van der Waals surface area contributed by atoms with Gasteiger partial charge in [0.2, 0.25) is 5.88 Å². The van der Waals surface area contributed by atoms with Crippen LogP contribution in [0.15, 0.2) is 42.6 Å². The Balaban J connectivity index is 1.89. The molecule has 1 aromatic carbocycles. The predicted molar refractivity (Wildman–Crippen MR) is 72.7 cm³/mol. The molecule has 0 N–H and O–H groups in total. The van der Waals surface area contributed by atoms with Crippen LogP contribution in [0.3, 0.4) is 0 Å². The van der Waals surface area contributed by atoms with Gasteiger partial charge in [-0.3, -0.25) is 4.79 Å². The van der Waals surface area contributed by atoms with Crippen LogP contribution < -0.4 is 4.74 Å². The van der Waals surface area contributed by atoms with Gasteiger partial charge in [-0.15, -0.1) is 0 Å². The lowest BCUT2D eigenvalue weighted by molar-refractivity contribution is -0.118. The number of pyridine rings is 1. The lowest BCUT2D eigenvalue weighted by Gasteiger charge is -2.17. The van der Waals surface area contributed by atoms with E-state index in [1.54, 1.807) is 36.5 Å². The zero-order valence-corrected chi connectivity index (χ0v) is 10.8. The number of hydrogen-bond donors (Lipinski definition) is 0. The second-order valence-corrected chi connectivity index (χ2v) is 4.72. The summed E-state index contributed by atoms with van der Waals surface area (Å²) in [5, 5.41) is 0. The molecule has 0 amide bonds. The molecule has 0 aliphatic heterocycles. The predicted octanol–water partition coefficient (Wildman–Crippen LogP) is 2.36. The van der Waals surface area contributed by atoms with Crippen LogP contribution in [0.2, 0.25) is 0 Å². The summed E-state index contributed by atoms with van der Waals surface area (Å²) in [5.74, 6) is 0.0737. The maximum absolute atomic E-state index is 12.2. The molecule has 0 bridgehead atoms. The minimum atomic E-state index is -0.421. The first-order valence-corrected chi connectivity index (χ1v) is 6.50. The van der Waals surface area contributed by atoms with Gasteiger partial charge in [-0.25, -0.2) is 9.78 Å². The van der Waals surface area contributed by atoms with Crippen molar-refractivity contribution in [1.82, 2.24) is 4.98 Å². The SMILES string of the molecule is O=C1CCc2c(cccc2C(=O)Oc2ccccn2)C1. The Morgan fingerprint density at radius 1 is 1.10 bits per heavy atom. The number of ether oxygens (including phenoxy) is 1. The zero-order valence-electron chi connectivity index (χ0n) is 10.8. The first kappa shape index (κ1) is 12.5. The van der Waals surface area contributed by atoms with E-state index in [-0.39, 0.29) is 11.7 Å². The van der Waals surface area contributed by atoms with Gasteiger partial charge in [-0.05, 0) is 29.7 Å². The van der Waals surface area contributed by atoms with Crippen LogP contribution in [0.4, 0.5) is 0 Å². The smallest absolute Gasteiger partial charge is 0.345 e. The molecule has 0 fully saturated rings. The van der Waals surface area contributed by atoms with E-state index >= 15 is 0 Å². The van der Waals surface area contributed by atoms with Crippen LogP contribution >= 0.6 is 0 Å². The largest absolute Gasteiger partial charge is 0.404 e. The second kappa shape index (κ2) is 5.25. The highest BCUT2D eigenvalue weighted by Gasteiger charge is 2.22. The van der Waals surface area contributed by atoms with E-state index in [0.717, 1.165) is 11.1 Å². The fourth-order valence-electron chi connectivity index (χ4n) is 2.41. The van der Waals surface area contributed by atoms with Crippen molar-refractivity contribution >= 4 is 11.8 Å². The summed E-state index contributed by atoms with van der Waals surface area (Å²) in [4.78, 5) is 27.7. The van der Waals surface area contributed by atoms with E-state index < -0.39 is 5.97 Å². The van der Waals surface area contributed by atoms with Crippen molar-refractivity contribution in [2.24, 2.45) is 0 Å². The number of ketones is 1. The molecule has 1 aliphatic carbocycles. The molecule has 20 heavy (non-hydrogen) atoms. The van der Waals surface area contributed by atoms with E-state index in [1.807, 2.05) is 6.07 Å². The number of hydrogen-bond acceptors (Lipinski definition) is 4. The summed E-state index contributed by atoms with van der Waals surface area (Å²) >= 11 is 0. The number of benzene rings is 1. The van der Waals surface area contributed by atoms with Crippen LogP contribution in [-0.2, 0) is 17.6 Å². The van der Waals surface area contributed by atoms with E-state index in [4.69, 9.17) is 4.74 Å². The highest BCUT2D eigenvalue weighted by molar-refractivity contribution is 5.94. The van der Waals surface area contributed by atoms with Crippen LogP contribution in [0.5, 0.6) is 5.88 Å². The topological polar surface area (TPSA) is 56.3 Å². The minimum absolute atomic E-state index is 0.216. The fourth-order valence-corrected chi connectivity index (χ4v) is 2.41. The van der Waals surface area contributed by atoms with Gasteiger partial charge in [0.15, 0.2) is 0 Å². The molecule has 2 aromatic rings. The number of Topliss-reactive ketones (excluding diaryl/α,β-unsaturated/α-hetero) is 1. The van der Waals surface area contributed by atoms with Gasteiger partial charge in [0.05, 0.1) is 5.56 Å². The summed E-state index contributed by atoms with van der Waals surface area (Å²) in [6.45, 7) is 0. The molecule has 0 saturated heterocycles. The summed E-state index contributed by atoms with van der Waals surface area (Å²) in [5.41, 5.74) is 2.38. The van der Waals surface area contributed by atoms with Gasteiger partial charge in [0.25, 0.3) is 0 Å². The highest BCUT2D eigenvalue weighted by Crippen LogP contribution is 2.23. The Morgan fingerprint density at radius 3 is 2.80 bits per heavy atom. The summed E-state index contributed by atoms with van der Waals surface area (Å²) in [7, 11) is 0. The number of esters is 1. The van der Waals surface area contributed by atoms with Crippen molar-refractivity contribution < 1.29 is 14.3 Å². The quantitative estimate of drug-likeness (QED) is 0.784. The molecule has 100 valence electrons. The van der Waals surface area contributed by atoms with Gasteiger partial charge in [0.1, 0.15) is 5.78 Å². The molecule has 3 rings (SSSR count). The van der Waals surface area contributed by atoms with E-state index in [0.29, 0.717) is 24.8 Å². The van der Waals surface area contributed by atoms with Crippen molar-refractivity contribution in [3.8, 4) is 5.88 Å². The standard InChI is InChI=1S/C16H13NO3/c18-12-7-8-13-11(10-12)4-3-5-14(13)16(19)20-15-6-1-2-9-17-15/h1-6,9H,7-8,10H2. The first-order chi connectivity index (χ1) is 9.74. The Labute approximate surface area is 116 Å². The molecule has 0 spiro atoms. The molecule has 0 saturated carbocycles. The number of fused-ring (bicyclic) bond motifs is 1. The van der Waals surface area contributed by atoms with Gasteiger partial charge >= 0.3 is 5.97 Å². The molecule has 1 aromatic heterocycles. The Hall–Kier alpha value is -2.49. The Kier molecular flexibility index (Phi) is 3.29. The van der Waals surface area contributed by atoms with Gasteiger partial charge in [-0.1, -0.05) is 18.2 Å². The van der Waals surface area contributed by atoms with Gasteiger partial charge in [-0.2, -0.15) is 0 Å². The molecule has 0 radical (unpaired) electrons. The number of rotatable bonds is 2. The lowest BCUT2D eigenvalue weighted by Crippen LogP contribution is -2.19. The lowest BCUT2D eigenvalue weighted by atomic mass is 9.87. The van der Waals surface area contributed by atoms with Gasteiger partial charge in [0, 0.05) is 25.1 Å². The second-order valence-electron chi connectivity index (χ2n) is 4.72. The minimum Gasteiger partial charge on any atom is -0.404 e. The number of carbonyl (C=O) groups is 2. The Bertz CT molecular complexity index is 665. The van der Waals surface area contributed by atoms with Crippen molar-refractivity contribution in [2.75, 3.05) is 0 Å². The normalized spacial score (nSPS) is 13.7. The van der Waals surface area contributed by atoms with Crippen LogP contribution in [0, 0.1) is 0 Å². The van der Waals surface area contributed by atoms with E-state index in [1.165, 1.54) is 0 Å². The average molecular weight is 267 g/mol. The third-order valence-electron chi connectivity index (χ3n) is 3.37. The van der Waals surface area contributed by atoms with Crippen LogP contribution in [-0.4, -0.2) is 16.7 Å². The van der Waals surface area contributed by atoms with Crippen molar-refractivity contribution in [3.05, 3.63) is 59.3 Å². The Morgan fingerprint density at radius 2 is 2.00 bits per heavy atom. The molecule has 1 heterocycles. The number of nitrogens with zero attached hydrogens (tertiary/aromatic N) is 1. The van der Waals surface area contributed by atoms with Gasteiger partial charge < -0.3 is 4.74 Å². The molecular weight excluding hydrogens is 254 g/mol. The van der Waals surface area contributed by atoms with E-state index in [9.17, 15) is 9.59 Å². The van der Waals surface area contributed by atoms with Crippen LogP contribution in [0.1, 0.15) is 27.9 Å². The number of carbonyl (C=O) groups excluding carboxylic acids is 2. The molecule has 1 aliphatic rings. The maximum Gasteiger partial charge on any atom is 0.345 e. The van der Waals surface area contributed by atoms with Crippen molar-refractivity contribution in [3.63, 3.8) is 0 Å².